The van der Waals surface area contributed by atoms with Gasteiger partial charge in [0.25, 0.3) is 0 Å². The molecule has 18 heavy (non-hydrogen) atoms. The summed E-state index contributed by atoms with van der Waals surface area (Å²) in [6, 6.07) is 4.70. The lowest BCUT2D eigenvalue weighted by molar-refractivity contribution is -0.120. The summed E-state index contributed by atoms with van der Waals surface area (Å²) < 4.78 is 14.0. The first-order chi connectivity index (χ1) is 8.59. The molecule has 0 bridgehead atoms. The number of nitrogens with one attached hydrogen (secondary N) is 1. The highest BCUT2D eigenvalue weighted by atomic mass is 19.1. The lowest BCUT2D eigenvalue weighted by Crippen LogP contribution is -2.30. The fourth-order valence-corrected chi connectivity index (χ4v) is 2.22. The van der Waals surface area contributed by atoms with Crippen LogP contribution >= 0.6 is 0 Å². The highest BCUT2D eigenvalue weighted by molar-refractivity contribution is 5.77. The molecule has 1 aromatic rings. The Labute approximate surface area is 106 Å². The number of nitrogens with two attached hydrogens (primary N) is 1. The molecule has 0 radical (unpaired) electrons. The summed E-state index contributed by atoms with van der Waals surface area (Å²) in [6.45, 7) is 3.49. The van der Waals surface area contributed by atoms with E-state index in [1.807, 2.05) is 17.9 Å². The van der Waals surface area contributed by atoms with Crippen LogP contribution in [-0.4, -0.2) is 25.5 Å². The highest BCUT2D eigenvalue weighted by Crippen LogP contribution is 2.28. The maximum absolute atomic E-state index is 14.0. The minimum absolute atomic E-state index is 0.0104. The fraction of sp³-hybridized carbons (Fsp3) is 0.462. The Morgan fingerprint density at radius 1 is 1.44 bits per heavy atom. The zero-order chi connectivity index (χ0) is 13.1. The van der Waals surface area contributed by atoms with Gasteiger partial charge in [-0.05, 0) is 18.6 Å². The van der Waals surface area contributed by atoms with Gasteiger partial charge >= 0.3 is 0 Å². The average molecular weight is 251 g/mol. The number of nitrogens with zero attached hydrogens (tertiary/aromatic N) is 1. The molecule has 0 saturated carbocycles. The van der Waals surface area contributed by atoms with Crippen LogP contribution < -0.4 is 16.0 Å². The minimum Gasteiger partial charge on any atom is -0.367 e. The lowest BCUT2D eigenvalue weighted by Gasteiger charge is -2.26. The predicted molar refractivity (Wildman–Crippen MR) is 68.8 cm³/mol. The van der Waals surface area contributed by atoms with E-state index in [1.54, 1.807) is 6.07 Å². The Morgan fingerprint density at radius 2 is 2.22 bits per heavy atom. The summed E-state index contributed by atoms with van der Waals surface area (Å²) in [5.74, 6) is -0.268. The van der Waals surface area contributed by atoms with E-state index in [0.29, 0.717) is 31.7 Å². The summed E-state index contributed by atoms with van der Waals surface area (Å²) in [5.41, 5.74) is 7.19. The summed E-state index contributed by atoms with van der Waals surface area (Å²) in [7, 11) is 0. The number of amides is 1. The third-order valence-electron chi connectivity index (χ3n) is 3.14. The maximum Gasteiger partial charge on any atom is 0.221 e. The zero-order valence-electron chi connectivity index (χ0n) is 10.4. The first kappa shape index (κ1) is 12.8. The monoisotopic (exact) mass is 251 g/mol. The first-order valence-corrected chi connectivity index (χ1v) is 6.15. The Balaban J connectivity index is 2.34. The first-order valence-electron chi connectivity index (χ1n) is 6.15. The molecule has 2 rings (SSSR count). The second-order valence-corrected chi connectivity index (χ2v) is 4.55. The third-order valence-corrected chi connectivity index (χ3v) is 3.14. The van der Waals surface area contributed by atoms with Gasteiger partial charge in [-0.15, -0.1) is 0 Å². The van der Waals surface area contributed by atoms with E-state index in [2.05, 4.69) is 5.32 Å². The van der Waals surface area contributed by atoms with E-state index in [4.69, 9.17) is 5.73 Å². The number of anilines is 1. The van der Waals surface area contributed by atoms with Gasteiger partial charge in [0.2, 0.25) is 5.91 Å². The van der Waals surface area contributed by atoms with Crippen molar-refractivity contribution in [3.8, 4) is 0 Å². The number of benzene rings is 1. The van der Waals surface area contributed by atoms with Crippen LogP contribution in [0.1, 0.15) is 24.9 Å². The van der Waals surface area contributed by atoms with Gasteiger partial charge in [0, 0.05) is 32.1 Å². The highest BCUT2D eigenvalue weighted by Gasteiger charge is 2.20. The van der Waals surface area contributed by atoms with Gasteiger partial charge in [-0.2, -0.15) is 0 Å². The Bertz CT molecular complexity index is 448. The van der Waals surface area contributed by atoms with Gasteiger partial charge in [0.15, 0.2) is 0 Å². The van der Waals surface area contributed by atoms with Gasteiger partial charge < -0.3 is 16.0 Å². The Hall–Kier alpha value is -1.62. The van der Waals surface area contributed by atoms with Gasteiger partial charge in [-0.25, -0.2) is 4.39 Å². The number of carbonyl (C=O) groups excluding carboxylic acids is 1. The molecule has 1 aliphatic heterocycles. The molecule has 1 saturated heterocycles. The Morgan fingerprint density at radius 3 is 2.94 bits per heavy atom. The van der Waals surface area contributed by atoms with E-state index in [-0.39, 0.29) is 17.8 Å². The smallest absolute Gasteiger partial charge is 0.221 e. The van der Waals surface area contributed by atoms with Crippen molar-refractivity contribution in [1.82, 2.24) is 5.32 Å². The maximum atomic E-state index is 14.0. The largest absolute Gasteiger partial charge is 0.367 e. The van der Waals surface area contributed by atoms with Crippen LogP contribution in [-0.2, 0) is 4.79 Å². The number of para-hydroxylation sites is 1. The molecule has 5 heteroatoms. The van der Waals surface area contributed by atoms with Crippen LogP contribution in [0.2, 0.25) is 0 Å². The SMILES string of the molecule is C[C@H](N)c1cccc(F)c1N1CCNC(=O)CC1. The van der Waals surface area contributed by atoms with Crippen LogP contribution in [0, 0.1) is 5.82 Å². The van der Waals surface area contributed by atoms with Crippen molar-refractivity contribution in [2.24, 2.45) is 5.73 Å². The van der Waals surface area contributed by atoms with Gasteiger partial charge in [-0.3, -0.25) is 4.79 Å². The molecule has 4 nitrogen and oxygen atoms in total. The number of rotatable bonds is 2. The minimum atomic E-state index is -0.279. The number of hydrogen-bond donors (Lipinski definition) is 2. The van der Waals surface area contributed by atoms with Crippen molar-refractivity contribution in [3.05, 3.63) is 29.6 Å². The molecule has 1 heterocycles. The van der Waals surface area contributed by atoms with Crippen LogP contribution in [0.25, 0.3) is 0 Å². The van der Waals surface area contributed by atoms with Crippen molar-refractivity contribution < 1.29 is 9.18 Å². The topological polar surface area (TPSA) is 58.4 Å². The van der Waals surface area contributed by atoms with E-state index < -0.39 is 0 Å². The molecule has 1 aromatic carbocycles. The molecule has 0 aromatic heterocycles. The van der Waals surface area contributed by atoms with Crippen molar-refractivity contribution in [2.45, 2.75) is 19.4 Å². The van der Waals surface area contributed by atoms with E-state index in [0.717, 1.165) is 5.56 Å². The number of carbonyl (C=O) groups is 1. The van der Waals surface area contributed by atoms with Crippen molar-refractivity contribution in [1.29, 1.82) is 0 Å². The molecule has 0 unspecified atom stereocenters. The molecule has 1 atom stereocenters. The van der Waals surface area contributed by atoms with Crippen LogP contribution in [0.3, 0.4) is 0 Å². The molecule has 98 valence electrons. The molecule has 3 N–H and O–H groups in total. The number of hydrogen-bond acceptors (Lipinski definition) is 3. The number of halogens is 1. The van der Waals surface area contributed by atoms with E-state index in [1.165, 1.54) is 6.07 Å². The summed E-state index contributed by atoms with van der Waals surface area (Å²) >= 11 is 0. The van der Waals surface area contributed by atoms with Crippen molar-refractivity contribution >= 4 is 11.6 Å². The molecule has 1 amide bonds. The third kappa shape index (κ3) is 2.61. The van der Waals surface area contributed by atoms with Crippen LogP contribution in [0.15, 0.2) is 18.2 Å². The molecular weight excluding hydrogens is 233 g/mol. The summed E-state index contributed by atoms with van der Waals surface area (Å²) in [5, 5.41) is 2.78. The molecule has 1 aliphatic rings. The van der Waals surface area contributed by atoms with Gasteiger partial charge in [0.05, 0.1) is 5.69 Å². The van der Waals surface area contributed by atoms with E-state index >= 15 is 0 Å². The predicted octanol–water partition coefficient (Wildman–Crippen LogP) is 1.17. The second kappa shape index (κ2) is 5.35. The summed E-state index contributed by atoms with van der Waals surface area (Å²) in [6.07, 6.45) is 0.382. The summed E-state index contributed by atoms with van der Waals surface area (Å²) in [4.78, 5) is 13.2. The fourth-order valence-electron chi connectivity index (χ4n) is 2.22. The standard InChI is InChI=1S/C13H18FN3O/c1-9(15)10-3-2-4-11(14)13(10)17-7-5-12(18)16-6-8-17/h2-4,9H,5-8,15H2,1H3,(H,16,18)/t9-/m0/s1. The zero-order valence-corrected chi connectivity index (χ0v) is 10.4. The second-order valence-electron chi connectivity index (χ2n) is 4.55. The van der Waals surface area contributed by atoms with Crippen LogP contribution in [0.4, 0.5) is 10.1 Å². The lowest BCUT2D eigenvalue weighted by atomic mass is 10.1. The van der Waals surface area contributed by atoms with Crippen molar-refractivity contribution in [3.63, 3.8) is 0 Å². The van der Waals surface area contributed by atoms with Gasteiger partial charge in [0.1, 0.15) is 5.82 Å². The molecule has 1 fully saturated rings. The van der Waals surface area contributed by atoms with Crippen molar-refractivity contribution in [2.75, 3.05) is 24.5 Å². The van der Waals surface area contributed by atoms with Crippen LogP contribution in [0.5, 0.6) is 0 Å². The molecular formula is C13H18FN3O. The van der Waals surface area contributed by atoms with Gasteiger partial charge in [-0.1, -0.05) is 12.1 Å². The Kier molecular flexibility index (Phi) is 3.81. The molecule has 0 aliphatic carbocycles. The normalized spacial score (nSPS) is 18.2. The molecule has 0 spiro atoms. The quantitative estimate of drug-likeness (QED) is 0.829. The average Bonchev–Trinajstić information content (AvgIpc) is 2.53. The van der Waals surface area contributed by atoms with E-state index in [9.17, 15) is 9.18 Å².